The predicted octanol–water partition coefficient (Wildman–Crippen LogP) is 5.24. The number of benzene rings is 3. The van der Waals surface area contributed by atoms with Gasteiger partial charge in [0, 0.05) is 11.1 Å². The number of hydrogen-bond donors (Lipinski definition) is 1. The molecule has 1 nitrogen and oxygen atoms in total. The molecular weight excluding hydrogens is 266 g/mol. The third-order valence-corrected chi connectivity index (χ3v) is 4.81. The summed E-state index contributed by atoms with van der Waals surface area (Å²) in [6.07, 6.45) is 0. The highest BCUT2D eigenvalue weighted by atomic mass is 14.5. The van der Waals surface area contributed by atoms with Crippen molar-refractivity contribution < 1.29 is 0 Å². The average molecular weight is 285 g/mol. The van der Waals surface area contributed by atoms with Gasteiger partial charge in [-0.25, -0.2) is 0 Å². The molecule has 0 unspecified atom stereocenters. The zero-order valence-corrected chi connectivity index (χ0v) is 12.9. The zero-order chi connectivity index (χ0) is 15.3. The maximum absolute atomic E-state index is 5.99. The SMILES string of the molecule is CC1(C)c2ccccc2-c2c(-c3cccc(N)c3)cccc21. The van der Waals surface area contributed by atoms with Crippen molar-refractivity contribution in [3.05, 3.63) is 77.9 Å². The fourth-order valence-corrected chi connectivity index (χ4v) is 3.70. The molecule has 0 atom stereocenters. The Morgan fingerprint density at radius 3 is 2.23 bits per heavy atom. The maximum Gasteiger partial charge on any atom is 0.0320 e. The quantitative estimate of drug-likeness (QED) is 0.608. The summed E-state index contributed by atoms with van der Waals surface area (Å²) >= 11 is 0. The van der Waals surface area contributed by atoms with Gasteiger partial charge < -0.3 is 5.73 Å². The molecule has 2 N–H and O–H groups in total. The Kier molecular flexibility index (Phi) is 2.67. The predicted molar refractivity (Wildman–Crippen MR) is 93.9 cm³/mol. The lowest BCUT2D eigenvalue weighted by Gasteiger charge is -2.21. The van der Waals surface area contributed by atoms with Crippen molar-refractivity contribution in [1.29, 1.82) is 0 Å². The van der Waals surface area contributed by atoms with Gasteiger partial charge in [0.2, 0.25) is 0 Å². The second-order valence-electron chi connectivity index (χ2n) is 6.52. The van der Waals surface area contributed by atoms with E-state index in [9.17, 15) is 0 Å². The van der Waals surface area contributed by atoms with Crippen molar-refractivity contribution in [3.8, 4) is 22.3 Å². The van der Waals surface area contributed by atoms with Gasteiger partial charge in [0.05, 0.1) is 0 Å². The fourth-order valence-electron chi connectivity index (χ4n) is 3.70. The highest BCUT2D eigenvalue weighted by Crippen LogP contribution is 2.51. The van der Waals surface area contributed by atoms with E-state index in [1.54, 1.807) is 0 Å². The van der Waals surface area contributed by atoms with Crippen LogP contribution in [0, 0.1) is 0 Å². The van der Waals surface area contributed by atoms with Gasteiger partial charge in [0.1, 0.15) is 0 Å². The van der Waals surface area contributed by atoms with Crippen molar-refractivity contribution in [1.82, 2.24) is 0 Å². The summed E-state index contributed by atoms with van der Waals surface area (Å²) in [4.78, 5) is 0. The summed E-state index contributed by atoms with van der Waals surface area (Å²) in [5.74, 6) is 0. The van der Waals surface area contributed by atoms with E-state index in [1.165, 1.54) is 33.4 Å². The average Bonchev–Trinajstić information content (AvgIpc) is 2.76. The number of hydrogen-bond acceptors (Lipinski definition) is 1. The Morgan fingerprint density at radius 1 is 0.727 bits per heavy atom. The molecule has 0 aromatic heterocycles. The van der Waals surface area contributed by atoms with Crippen LogP contribution in [0.15, 0.2) is 66.7 Å². The topological polar surface area (TPSA) is 26.0 Å². The van der Waals surface area contributed by atoms with Crippen molar-refractivity contribution in [2.45, 2.75) is 19.3 Å². The van der Waals surface area contributed by atoms with E-state index < -0.39 is 0 Å². The van der Waals surface area contributed by atoms with Crippen LogP contribution in [0.2, 0.25) is 0 Å². The Balaban J connectivity index is 2.07. The van der Waals surface area contributed by atoms with E-state index in [1.807, 2.05) is 12.1 Å². The molecule has 0 fully saturated rings. The summed E-state index contributed by atoms with van der Waals surface area (Å²) in [5, 5.41) is 0. The van der Waals surface area contributed by atoms with Crippen LogP contribution >= 0.6 is 0 Å². The summed E-state index contributed by atoms with van der Waals surface area (Å²) in [7, 11) is 0. The van der Waals surface area contributed by atoms with E-state index >= 15 is 0 Å². The molecule has 22 heavy (non-hydrogen) atoms. The second-order valence-corrected chi connectivity index (χ2v) is 6.52. The molecule has 1 aliphatic carbocycles. The van der Waals surface area contributed by atoms with Crippen molar-refractivity contribution >= 4 is 5.69 Å². The van der Waals surface area contributed by atoms with Crippen molar-refractivity contribution in [2.24, 2.45) is 0 Å². The van der Waals surface area contributed by atoms with E-state index in [0.29, 0.717) is 0 Å². The molecule has 0 aliphatic heterocycles. The largest absolute Gasteiger partial charge is 0.399 e. The molecule has 1 aliphatic rings. The number of nitrogen functional groups attached to an aromatic ring is 1. The lowest BCUT2D eigenvalue weighted by atomic mass is 9.82. The van der Waals surface area contributed by atoms with E-state index in [-0.39, 0.29) is 5.41 Å². The van der Waals surface area contributed by atoms with Gasteiger partial charge in [0.15, 0.2) is 0 Å². The lowest BCUT2D eigenvalue weighted by molar-refractivity contribution is 0.660. The first-order chi connectivity index (χ1) is 10.6. The Hall–Kier alpha value is -2.54. The molecule has 3 aromatic carbocycles. The van der Waals surface area contributed by atoms with Crippen LogP contribution in [0.4, 0.5) is 5.69 Å². The molecular formula is C21H19N. The maximum atomic E-state index is 5.99. The first kappa shape index (κ1) is 13.1. The summed E-state index contributed by atoms with van der Waals surface area (Å²) < 4.78 is 0. The standard InChI is InChI=1S/C21H19N/c1-21(2)18-11-4-3-9-17(18)20-16(10-6-12-19(20)21)14-7-5-8-15(22)13-14/h3-13H,22H2,1-2H3. The molecule has 108 valence electrons. The lowest BCUT2D eigenvalue weighted by Crippen LogP contribution is -2.14. The molecule has 1 heteroatoms. The van der Waals surface area contributed by atoms with Gasteiger partial charge >= 0.3 is 0 Å². The van der Waals surface area contributed by atoms with Gasteiger partial charge in [0.25, 0.3) is 0 Å². The first-order valence-corrected chi connectivity index (χ1v) is 7.68. The number of anilines is 1. The highest BCUT2D eigenvalue weighted by molar-refractivity contribution is 5.92. The van der Waals surface area contributed by atoms with Gasteiger partial charge in [-0.15, -0.1) is 0 Å². The molecule has 0 spiro atoms. The zero-order valence-electron chi connectivity index (χ0n) is 12.9. The molecule has 0 saturated carbocycles. The normalized spacial score (nSPS) is 14.5. The van der Waals surface area contributed by atoms with Gasteiger partial charge in [-0.2, -0.15) is 0 Å². The number of fused-ring (bicyclic) bond motifs is 3. The van der Waals surface area contributed by atoms with Crippen LogP contribution in [0.5, 0.6) is 0 Å². The van der Waals surface area contributed by atoms with Crippen LogP contribution in [-0.4, -0.2) is 0 Å². The van der Waals surface area contributed by atoms with Crippen LogP contribution in [0.25, 0.3) is 22.3 Å². The molecule has 0 bridgehead atoms. The number of rotatable bonds is 1. The minimum atomic E-state index is 0.0439. The first-order valence-electron chi connectivity index (χ1n) is 7.68. The molecule has 0 radical (unpaired) electrons. The molecule has 3 aromatic rings. The Bertz CT molecular complexity index is 875. The third-order valence-electron chi connectivity index (χ3n) is 4.81. The second kappa shape index (κ2) is 4.48. The Labute approximate surface area is 131 Å². The number of nitrogens with two attached hydrogens (primary N) is 1. The summed E-state index contributed by atoms with van der Waals surface area (Å²) in [6.45, 7) is 4.61. The monoisotopic (exact) mass is 285 g/mol. The minimum absolute atomic E-state index is 0.0439. The van der Waals surface area contributed by atoms with E-state index in [4.69, 9.17) is 5.73 Å². The van der Waals surface area contributed by atoms with Crippen LogP contribution in [0.3, 0.4) is 0 Å². The summed E-state index contributed by atoms with van der Waals surface area (Å²) in [5.41, 5.74) is 14.8. The van der Waals surface area contributed by atoms with Crippen LogP contribution < -0.4 is 5.73 Å². The smallest absolute Gasteiger partial charge is 0.0320 e. The van der Waals surface area contributed by atoms with Crippen molar-refractivity contribution in [2.75, 3.05) is 5.73 Å². The van der Waals surface area contributed by atoms with Crippen molar-refractivity contribution in [3.63, 3.8) is 0 Å². The molecule has 4 rings (SSSR count). The van der Waals surface area contributed by atoms with E-state index in [2.05, 4.69) is 68.4 Å². The third kappa shape index (κ3) is 1.72. The van der Waals surface area contributed by atoms with Gasteiger partial charge in [-0.3, -0.25) is 0 Å². The summed E-state index contributed by atoms with van der Waals surface area (Å²) in [6, 6.07) is 23.5. The van der Waals surface area contributed by atoms with Gasteiger partial charge in [-0.05, 0) is 45.5 Å². The van der Waals surface area contributed by atoms with Crippen LogP contribution in [-0.2, 0) is 5.41 Å². The van der Waals surface area contributed by atoms with Gasteiger partial charge in [-0.1, -0.05) is 68.4 Å². The van der Waals surface area contributed by atoms with Crippen LogP contribution in [0.1, 0.15) is 25.0 Å². The molecule has 0 heterocycles. The molecule has 0 amide bonds. The molecule has 0 saturated heterocycles. The Morgan fingerprint density at radius 2 is 1.41 bits per heavy atom. The minimum Gasteiger partial charge on any atom is -0.399 e. The fraction of sp³-hybridized carbons (Fsp3) is 0.143. The van der Waals surface area contributed by atoms with E-state index in [0.717, 1.165) is 5.69 Å². The highest BCUT2D eigenvalue weighted by Gasteiger charge is 2.36.